The van der Waals surface area contributed by atoms with Gasteiger partial charge in [0.25, 0.3) is 5.91 Å². The minimum absolute atomic E-state index is 0.0255. The van der Waals surface area contributed by atoms with Gasteiger partial charge in [-0.3, -0.25) is 4.79 Å². The summed E-state index contributed by atoms with van der Waals surface area (Å²) in [6, 6.07) is 12.1. The van der Waals surface area contributed by atoms with Crippen molar-refractivity contribution in [3.05, 3.63) is 52.5 Å². The van der Waals surface area contributed by atoms with E-state index in [0.29, 0.717) is 12.3 Å². The van der Waals surface area contributed by atoms with Gasteiger partial charge in [0.05, 0.1) is 4.90 Å². The zero-order valence-corrected chi connectivity index (χ0v) is 18.3. The molecule has 1 heterocycles. The predicted molar refractivity (Wildman–Crippen MR) is 115 cm³/mol. The van der Waals surface area contributed by atoms with E-state index in [-0.39, 0.29) is 23.5 Å². The van der Waals surface area contributed by atoms with E-state index in [1.54, 1.807) is 17.0 Å². The predicted octanol–water partition coefficient (Wildman–Crippen LogP) is 3.64. The normalized spacial score (nSPS) is 16.8. The fourth-order valence-corrected chi connectivity index (χ4v) is 5.61. The molecule has 0 unspecified atom stereocenters. The number of rotatable bonds is 6. The van der Waals surface area contributed by atoms with Gasteiger partial charge in [-0.15, -0.1) is 0 Å². The summed E-state index contributed by atoms with van der Waals surface area (Å²) in [5.74, 6) is 0.346. The van der Waals surface area contributed by atoms with E-state index in [4.69, 9.17) is 4.74 Å². The molecular weight excluding hydrogens is 456 g/mol. The third-order valence-electron chi connectivity index (χ3n) is 5.41. The highest BCUT2D eigenvalue weighted by Gasteiger charge is 2.25. The van der Waals surface area contributed by atoms with Gasteiger partial charge in [0.15, 0.2) is 6.61 Å². The Kier molecular flexibility index (Phi) is 5.94. The first kappa shape index (κ1) is 20.4. The largest absolute Gasteiger partial charge is 0.484 e. The van der Waals surface area contributed by atoms with Crippen molar-refractivity contribution in [2.75, 3.05) is 18.1 Å². The number of hydrogen-bond acceptors (Lipinski definition) is 4. The molecule has 0 radical (unpaired) electrons. The molecule has 1 N–H and O–H groups in total. The van der Waals surface area contributed by atoms with Gasteiger partial charge in [-0.2, -0.15) is 0 Å². The number of carbonyl (C=O) groups excluding carboxylic acids is 1. The van der Waals surface area contributed by atoms with Crippen LogP contribution in [-0.2, 0) is 21.2 Å². The summed E-state index contributed by atoms with van der Waals surface area (Å²) < 4.78 is 34.3. The molecule has 2 aromatic carbocycles. The van der Waals surface area contributed by atoms with Gasteiger partial charge in [0, 0.05) is 22.7 Å². The number of hydrogen-bond donors (Lipinski definition) is 1. The number of amides is 1. The Morgan fingerprint density at radius 1 is 1.14 bits per heavy atom. The molecule has 1 amide bonds. The van der Waals surface area contributed by atoms with Crippen LogP contribution < -0.4 is 14.4 Å². The number of ether oxygens (including phenoxy) is 1. The molecule has 0 atom stereocenters. The van der Waals surface area contributed by atoms with Crippen LogP contribution in [0.25, 0.3) is 0 Å². The topological polar surface area (TPSA) is 75.7 Å². The lowest BCUT2D eigenvalue weighted by Gasteiger charge is -2.18. The van der Waals surface area contributed by atoms with Crippen molar-refractivity contribution in [3.63, 3.8) is 0 Å². The van der Waals surface area contributed by atoms with Crippen LogP contribution in [0.4, 0.5) is 5.69 Å². The molecule has 1 fully saturated rings. The van der Waals surface area contributed by atoms with Crippen molar-refractivity contribution >= 4 is 37.5 Å². The third-order valence-corrected chi connectivity index (χ3v) is 7.44. The Hall–Kier alpha value is -1.90. The van der Waals surface area contributed by atoms with E-state index in [9.17, 15) is 13.2 Å². The Balaban J connectivity index is 1.35. The molecule has 0 spiro atoms. The molecule has 29 heavy (non-hydrogen) atoms. The van der Waals surface area contributed by atoms with E-state index in [0.717, 1.165) is 47.8 Å². The average Bonchev–Trinajstić information content (AvgIpc) is 3.35. The molecule has 154 valence electrons. The Morgan fingerprint density at radius 2 is 1.86 bits per heavy atom. The number of halogens is 1. The van der Waals surface area contributed by atoms with Crippen molar-refractivity contribution in [1.82, 2.24) is 4.72 Å². The van der Waals surface area contributed by atoms with Crippen LogP contribution in [0.5, 0.6) is 5.75 Å². The van der Waals surface area contributed by atoms with Crippen molar-refractivity contribution in [2.45, 2.75) is 43.0 Å². The summed E-state index contributed by atoms with van der Waals surface area (Å²) in [4.78, 5) is 14.5. The first-order chi connectivity index (χ1) is 13.9. The smallest absolute Gasteiger partial charge is 0.264 e. The third kappa shape index (κ3) is 4.65. The fraction of sp³-hybridized carbons (Fsp3) is 0.381. The van der Waals surface area contributed by atoms with Gasteiger partial charge in [-0.1, -0.05) is 28.8 Å². The second-order valence-electron chi connectivity index (χ2n) is 7.43. The van der Waals surface area contributed by atoms with Crippen LogP contribution in [0, 0.1) is 0 Å². The van der Waals surface area contributed by atoms with Gasteiger partial charge in [0.2, 0.25) is 10.0 Å². The van der Waals surface area contributed by atoms with Gasteiger partial charge in [-0.25, -0.2) is 13.1 Å². The summed E-state index contributed by atoms with van der Waals surface area (Å²) in [7, 11) is -3.53. The summed E-state index contributed by atoms with van der Waals surface area (Å²) in [5, 5.41) is 0. The quantitative estimate of drug-likeness (QED) is 0.687. The number of fused-ring (bicyclic) bond motifs is 1. The lowest BCUT2D eigenvalue weighted by atomic mass is 10.2. The van der Waals surface area contributed by atoms with E-state index >= 15 is 0 Å². The maximum Gasteiger partial charge on any atom is 0.264 e. The molecule has 1 aliphatic heterocycles. The van der Waals surface area contributed by atoms with Gasteiger partial charge in [-0.05, 0) is 67.3 Å². The lowest BCUT2D eigenvalue weighted by molar-refractivity contribution is -0.120. The fourth-order valence-electron chi connectivity index (χ4n) is 3.90. The highest BCUT2D eigenvalue weighted by molar-refractivity contribution is 9.10. The molecule has 1 aliphatic carbocycles. The van der Waals surface area contributed by atoms with Crippen LogP contribution in [0.15, 0.2) is 51.8 Å². The number of nitrogens with one attached hydrogen (secondary N) is 1. The van der Waals surface area contributed by atoms with Crippen molar-refractivity contribution in [2.24, 2.45) is 0 Å². The average molecular weight is 479 g/mol. The molecular formula is C21H23BrN2O4S. The lowest BCUT2D eigenvalue weighted by Crippen LogP contribution is -2.33. The molecule has 8 heteroatoms. The van der Waals surface area contributed by atoms with Crippen LogP contribution in [0.1, 0.15) is 31.2 Å². The molecule has 6 nitrogen and oxygen atoms in total. The van der Waals surface area contributed by atoms with Crippen LogP contribution in [-0.4, -0.2) is 33.5 Å². The summed E-state index contributed by atoms with van der Waals surface area (Å²) in [6.45, 7) is 0.542. The number of carbonyl (C=O) groups is 1. The minimum Gasteiger partial charge on any atom is -0.484 e. The Bertz CT molecular complexity index is 1000. The highest BCUT2D eigenvalue weighted by Crippen LogP contribution is 2.30. The van der Waals surface area contributed by atoms with Crippen molar-refractivity contribution in [1.29, 1.82) is 0 Å². The second kappa shape index (κ2) is 8.45. The zero-order chi connectivity index (χ0) is 20.4. The van der Waals surface area contributed by atoms with E-state index < -0.39 is 10.0 Å². The van der Waals surface area contributed by atoms with Gasteiger partial charge < -0.3 is 9.64 Å². The molecule has 0 saturated heterocycles. The number of nitrogens with zero attached hydrogens (tertiary/aromatic N) is 1. The van der Waals surface area contributed by atoms with Gasteiger partial charge in [0.1, 0.15) is 5.75 Å². The molecule has 1 saturated carbocycles. The zero-order valence-electron chi connectivity index (χ0n) is 15.9. The Labute approximate surface area is 179 Å². The molecule has 2 aromatic rings. The van der Waals surface area contributed by atoms with E-state index in [2.05, 4.69) is 20.7 Å². The van der Waals surface area contributed by atoms with E-state index in [1.807, 2.05) is 18.2 Å². The summed E-state index contributed by atoms with van der Waals surface area (Å²) in [5.41, 5.74) is 2.05. The van der Waals surface area contributed by atoms with Crippen LogP contribution in [0.2, 0.25) is 0 Å². The van der Waals surface area contributed by atoms with E-state index in [1.165, 1.54) is 12.1 Å². The number of benzene rings is 2. The molecule has 4 rings (SSSR count). The number of sulfonamides is 1. The number of anilines is 1. The molecule has 2 aliphatic rings. The van der Waals surface area contributed by atoms with Gasteiger partial charge >= 0.3 is 0 Å². The highest BCUT2D eigenvalue weighted by atomic mass is 79.9. The SMILES string of the molecule is O=C(COc1ccc(S(=O)(=O)NC2CCCC2)cc1)N1CCc2cc(Br)ccc21. The molecule has 0 bridgehead atoms. The summed E-state index contributed by atoms with van der Waals surface area (Å²) >= 11 is 3.45. The Morgan fingerprint density at radius 3 is 2.59 bits per heavy atom. The van der Waals surface area contributed by atoms with Crippen molar-refractivity contribution < 1.29 is 17.9 Å². The monoisotopic (exact) mass is 478 g/mol. The first-order valence-corrected chi connectivity index (χ1v) is 12.0. The second-order valence-corrected chi connectivity index (χ2v) is 10.1. The van der Waals surface area contributed by atoms with Crippen molar-refractivity contribution in [3.8, 4) is 5.75 Å². The first-order valence-electron chi connectivity index (χ1n) is 9.76. The molecule has 0 aromatic heterocycles. The standard InChI is InChI=1S/C21H23BrN2O4S/c22-16-5-10-20-15(13-16)11-12-24(20)21(25)14-28-18-6-8-19(9-7-18)29(26,27)23-17-3-1-2-4-17/h5-10,13,17,23H,1-4,11-12,14H2. The van der Waals surface area contributed by atoms with Crippen LogP contribution in [0.3, 0.4) is 0 Å². The summed E-state index contributed by atoms with van der Waals surface area (Å²) in [6.07, 6.45) is 4.72. The maximum absolute atomic E-state index is 12.6. The maximum atomic E-state index is 12.6. The minimum atomic E-state index is -3.53. The van der Waals surface area contributed by atoms with Crippen LogP contribution >= 0.6 is 15.9 Å².